The minimum Gasteiger partial charge on any atom is -0.350 e. The number of nitrogens with zero attached hydrogens (tertiary/aromatic N) is 3. The molecular weight excluding hydrogens is 384 g/mol. The van der Waals surface area contributed by atoms with Crippen LogP contribution < -0.4 is 5.48 Å². The predicted octanol–water partition coefficient (Wildman–Crippen LogP) is 5.29. The third-order valence-corrected chi connectivity index (χ3v) is 5.87. The molecule has 4 heterocycles. The van der Waals surface area contributed by atoms with E-state index in [1.54, 1.807) is 23.7 Å². The zero-order valence-electron chi connectivity index (χ0n) is 15.7. The molecule has 0 bridgehead atoms. The van der Waals surface area contributed by atoms with Crippen molar-refractivity contribution in [3.05, 3.63) is 60.9 Å². The molecule has 146 valence electrons. The molecule has 0 spiro atoms. The smallest absolute Gasteiger partial charge is 0.183 e. The van der Waals surface area contributed by atoms with Gasteiger partial charge in [-0.3, -0.25) is 4.98 Å². The van der Waals surface area contributed by atoms with Gasteiger partial charge in [-0.2, -0.15) is 0 Å². The zero-order chi connectivity index (χ0) is 19.5. The molecule has 0 amide bonds. The number of hydrogen-bond donors (Lipinski definition) is 1. The second-order valence-electron chi connectivity index (χ2n) is 6.85. The monoisotopic (exact) mass is 404 g/mol. The number of nitrogens with one attached hydrogen (secondary N) is 1. The first-order chi connectivity index (χ1) is 14.4. The Morgan fingerprint density at radius 1 is 1.03 bits per heavy atom. The summed E-state index contributed by atoms with van der Waals surface area (Å²) < 4.78 is 5.67. The average molecular weight is 404 g/mol. The van der Waals surface area contributed by atoms with Crippen LogP contribution in [0, 0.1) is 0 Å². The van der Waals surface area contributed by atoms with E-state index in [-0.39, 0.29) is 6.29 Å². The molecule has 1 fully saturated rings. The highest BCUT2D eigenvalue weighted by Gasteiger charge is 2.18. The van der Waals surface area contributed by atoms with E-state index in [1.807, 2.05) is 30.3 Å². The van der Waals surface area contributed by atoms with E-state index >= 15 is 0 Å². The summed E-state index contributed by atoms with van der Waals surface area (Å²) in [5.41, 5.74) is 5.06. The third-order valence-electron chi connectivity index (χ3n) is 4.80. The van der Waals surface area contributed by atoms with Gasteiger partial charge in [-0.1, -0.05) is 30.3 Å². The molecule has 1 aliphatic rings. The van der Waals surface area contributed by atoms with Crippen molar-refractivity contribution in [1.82, 2.24) is 15.0 Å². The van der Waals surface area contributed by atoms with E-state index in [2.05, 4.69) is 28.7 Å². The van der Waals surface area contributed by atoms with Crippen LogP contribution in [-0.4, -0.2) is 27.8 Å². The van der Waals surface area contributed by atoms with Crippen LogP contribution in [0.5, 0.6) is 0 Å². The summed E-state index contributed by atoms with van der Waals surface area (Å²) in [6, 6.07) is 16.2. The number of benzene rings is 1. The van der Waals surface area contributed by atoms with Crippen LogP contribution in [0.2, 0.25) is 0 Å². The van der Waals surface area contributed by atoms with Gasteiger partial charge in [0.2, 0.25) is 0 Å². The first-order valence-corrected chi connectivity index (χ1v) is 10.5. The Balaban J connectivity index is 1.55. The van der Waals surface area contributed by atoms with E-state index in [1.165, 1.54) is 0 Å². The Morgan fingerprint density at radius 2 is 1.93 bits per heavy atom. The van der Waals surface area contributed by atoms with Gasteiger partial charge in [-0.15, -0.1) is 11.3 Å². The minimum absolute atomic E-state index is 0.261. The fourth-order valence-corrected chi connectivity index (χ4v) is 4.33. The van der Waals surface area contributed by atoms with E-state index in [9.17, 15) is 0 Å². The maximum absolute atomic E-state index is 5.81. The predicted molar refractivity (Wildman–Crippen MR) is 114 cm³/mol. The third kappa shape index (κ3) is 3.98. The van der Waals surface area contributed by atoms with E-state index in [4.69, 9.17) is 19.5 Å². The van der Waals surface area contributed by atoms with Crippen LogP contribution in [0.3, 0.4) is 0 Å². The van der Waals surface area contributed by atoms with Gasteiger partial charge in [-0.25, -0.2) is 20.3 Å². The van der Waals surface area contributed by atoms with Crippen molar-refractivity contribution >= 4 is 27.4 Å². The number of rotatable bonds is 5. The van der Waals surface area contributed by atoms with Crippen LogP contribution in [-0.2, 0) is 9.57 Å². The van der Waals surface area contributed by atoms with E-state index in [0.717, 1.165) is 52.1 Å². The van der Waals surface area contributed by atoms with E-state index in [0.29, 0.717) is 11.6 Å². The first-order valence-electron chi connectivity index (χ1n) is 9.67. The molecule has 6 nitrogen and oxygen atoms in total. The Hall–Kier alpha value is -2.87. The van der Waals surface area contributed by atoms with Gasteiger partial charge in [0.1, 0.15) is 4.83 Å². The number of anilines is 1. The van der Waals surface area contributed by atoms with Crippen LogP contribution in [0.15, 0.2) is 60.9 Å². The van der Waals surface area contributed by atoms with Crippen LogP contribution in [0.1, 0.15) is 19.3 Å². The van der Waals surface area contributed by atoms with Gasteiger partial charge in [0.05, 0.1) is 5.39 Å². The van der Waals surface area contributed by atoms with Crippen molar-refractivity contribution in [3.63, 3.8) is 0 Å². The van der Waals surface area contributed by atoms with Crippen LogP contribution >= 0.6 is 11.3 Å². The summed E-state index contributed by atoms with van der Waals surface area (Å²) >= 11 is 1.64. The second kappa shape index (κ2) is 8.24. The van der Waals surface area contributed by atoms with Gasteiger partial charge in [-0.05, 0) is 36.6 Å². The normalized spacial score (nSPS) is 16.8. The zero-order valence-corrected chi connectivity index (χ0v) is 16.6. The van der Waals surface area contributed by atoms with Crippen LogP contribution in [0.25, 0.3) is 32.0 Å². The molecular formula is C22H20N4O2S. The Labute approximate surface area is 172 Å². The lowest BCUT2D eigenvalue weighted by molar-refractivity contribution is -0.145. The molecule has 1 atom stereocenters. The topological polar surface area (TPSA) is 69.2 Å². The molecule has 1 N–H and O–H groups in total. The first kappa shape index (κ1) is 18.2. The Kier molecular flexibility index (Phi) is 5.17. The number of aromatic nitrogens is 3. The Morgan fingerprint density at radius 3 is 2.72 bits per heavy atom. The van der Waals surface area contributed by atoms with Crippen molar-refractivity contribution in [2.75, 3.05) is 12.1 Å². The molecule has 7 heteroatoms. The van der Waals surface area contributed by atoms with Gasteiger partial charge < -0.3 is 4.74 Å². The highest BCUT2D eigenvalue weighted by molar-refractivity contribution is 7.21. The van der Waals surface area contributed by atoms with Crippen molar-refractivity contribution in [1.29, 1.82) is 0 Å². The van der Waals surface area contributed by atoms with Crippen LogP contribution in [0.4, 0.5) is 5.82 Å². The largest absolute Gasteiger partial charge is 0.350 e. The van der Waals surface area contributed by atoms with Gasteiger partial charge in [0.25, 0.3) is 0 Å². The van der Waals surface area contributed by atoms with Crippen molar-refractivity contribution in [3.8, 4) is 21.8 Å². The van der Waals surface area contributed by atoms with E-state index < -0.39 is 0 Å². The standard InChI is InChI=1S/C22H20N4O2S/c1-2-7-15(8-3-1)18-13-17-21(26-28-19-10-4-5-12-27-19)24-20(25-22(17)29-18)16-9-6-11-23-14-16/h1-3,6-9,11,13-14,19H,4-5,10,12H2,(H,24,25,26). The molecule has 0 saturated carbocycles. The molecule has 5 rings (SSSR count). The lowest BCUT2D eigenvalue weighted by Gasteiger charge is -2.22. The lowest BCUT2D eigenvalue weighted by atomic mass is 10.2. The number of fused-ring (bicyclic) bond motifs is 1. The quantitative estimate of drug-likeness (QED) is 0.456. The average Bonchev–Trinajstić information content (AvgIpc) is 3.24. The number of hydrogen-bond acceptors (Lipinski definition) is 7. The molecule has 1 unspecified atom stereocenters. The number of ether oxygens (including phenoxy) is 1. The van der Waals surface area contributed by atoms with Gasteiger partial charge >= 0.3 is 0 Å². The fraction of sp³-hybridized carbons (Fsp3) is 0.227. The second-order valence-corrected chi connectivity index (χ2v) is 7.88. The van der Waals surface area contributed by atoms with Crippen molar-refractivity contribution < 1.29 is 9.57 Å². The summed E-state index contributed by atoms with van der Waals surface area (Å²) in [5, 5.41) is 0.928. The van der Waals surface area contributed by atoms with Crippen molar-refractivity contribution in [2.24, 2.45) is 0 Å². The summed E-state index contributed by atoms with van der Waals surface area (Å²) in [6.07, 6.45) is 6.29. The molecule has 29 heavy (non-hydrogen) atoms. The summed E-state index contributed by atoms with van der Waals surface area (Å²) in [6.45, 7) is 0.725. The molecule has 4 aromatic rings. The fourth-order valence-electron chi connectivity index (χ4n) is 3.29. The number of thiophene rings is 1. The molecule has 1 aromatic carbocycles. The molecule has 0 radical (unpaired) electrons. The highest BCUT2D eigenvalue weighted by Crippen LogP contribution is 2.36. The summed E-state index contributed by atoms with van der Waals surface area (Å²) in [7, 11) is 0. The maximum atomic E-state index is 5.81. The van der Waals surface area contributed by atoms with Gasteiger partial charge in [0, 0.05) is 35.9 Å². The molecule has 1 saturated heterocycles. The molecule has 1 aliphatic heterocycles. The summed E-state index contributed by atoms with van der Waals surface area (Å²) in [4.78, 5) is 21.5. The SMILES string of the molecule is c1ccc(-c2cc3c(NOC4CCCCO4)nc(-c4cccnc4)nc3s2)cc1. The lowest BCUT2D eigenvalue weighted by Crippen LogP contribution is -2.25. The summed E-state index contributed by atoms with van der Waals surface area (Å²) in [5.74, 6) is 1.25. The minimum atomic E-state index is -0.261. The molecule has 3 aromatic heterocycles. The Bertz CT molecular complexity index is 1100. The van der Waals surface area contributed by atoms with Gasteiger partial charge in [0.15, 0.2) is 17.9 Å². The highest BCUT2D eigenvalue weighted by atomic mass is 32.1. The number of pyridine rings is 1. The van der Waals surface area contributed by atoms with Crippen molar-refractivity contribution in [2.45, 2.75) is 25.6 Å². The molecule has 0 aliphatic carbocycles. The maximum Gasteiger partial charge on any atom is 0.183 e.